The first-order chi connectivity index (χ1) is 14.3. The Morgan fingerprint density at radius 2 is 1.87 bits per heavy atom. The zero-order valence-electron chi connectivity index (χ0n) is 17.6. The molecule has 1 heterocycles. The van der Waals surface area contributed by atoms with Gasteiger partial charge in [0.05, 0.1) is 4.90 Å². The molecule has 1 aromatic heterocycles. The summed E-state index contributed by atoms with van der Waals surface area (Å²) in [5, 5.41) is 7.38. The largest absolute Gasteiger partial charge is 0.361 e. The number of halogens is 2. The minimum Gasteiger partial charge on any atom is -0.361 e. The Labute approximate surface area is 199 Å². The van der Waals surface area contributed by atoms with E-state index in [1.54, 1.807) is 31.3 Å². The van der Waals surface area contributed by atoms with Gasteiger partial charge in [-0.25, -0.2) is 17.1 Å². The van der Waals surface area contributed by atoms with Gasteiger partial charge >= 0.3 is 0 Å². The summed E-state index contributed by atoms with van der Waals surface area (Å²) in [4.78, 5) is 7.55. The van der Waals surface area contributed by atoms with Crippen LogP contribution in [0.3, 0.4) is 0 Å². The average Bonchev–Trinajstić information content (AvgIpc) is 3.12. The van der Waals surface area contributed by atoms with Crippen LogP contribution in [0.15, 0.2) is 58.5 Å². The average molecular weight is 559 g/mol. The van der Waals surface area contributed by atoms with E-state index >= 15 is 0 Å². The Balaban J connectivity index is 0.00000341. The quantitative estimate of drug-likeness (QED) is 0.236. The van der Waals surface area contributed by atoms with Crippen molar-refractivity contribution in [2.24, 2.45) is 4.99 Å². The summed E-state index contributed by atoms with van der Waals surface area (Å²) >= 11 is 0. The monoisotopic (exact) mass is 559 g/mol. The number of aromatic amines is 1. The molecular weight excluding hydrogens is 532 g/mol. The van der Waals surface area contributed by atoms with E-state index in [1.165, 1.54) is 30.5 Å². The van der Waals surface area contributed by atoms with Crippen molar-refractivity contribution in [2.45, 2.75) is 17.9 Å². The van der Waals surface area contributed by atoms with Gasteiger partial charge in [-0.15, -0.1) is 24.0 Å². The summed E-state index contributed by atoms with van der Waals surface area (Å²) in [6.07, 6.45) is 2.60. The zero-order chi connectivity index (χ0) is 21.7. The first kappa shape index (κ1) is 25.1. The minimum absolute atomic E-state index is 0. The Hall–Kier alpha value is -2.18. The second kappa shape index (κ2) is 10.9. The number of fused-ring (bicyclic) bond motifs is 1. The van der Waals surface area contributed by atoms with Gasteiger partial charge in [-0.1, -0.05) is 18.2 Å². The van der Waals surface area contributed by atoms with Crippen LogP contribution in [0.5, 0.6) is 0 Å². The molecule has 0 saturated carbocycles. The van der Waals surface area contributed by atoms with Crippen molar-refractivity contribution in [3.05, 3.63) is 65.6 Å². The standard InChI is InChI=1S/C21H26FN5O2S.HI/c1-23-21(24-11-10-15-13-25-19-12-17(22)8-9-18(15)19)26-14-16-6-4-5-7-20(16)30(28,29)27(2)3;/h4-9,12-13,25H,10-11,14H2,1-3H3,(H2,23,24,26);1H. The maximum Gasteiger partial charge on any atom is 0.242 e. The van der Waals surface area contributed by atoms with Crippen LogP contribution < -0.4 is 10.6 Å². The Kier molecular flexibility index (Phi) is 8.83. The fraction of sp³-hybridized carbons (Fsp3) is 0.286. The third-order valence-corrected chi connectivity index (χ3v) is 6.73. The maximum absolute atomic E-state index is 13.3. The molecule has 0 aliphatic rings. The third kappa shape index (κ3) is 5.95. The molecule has 0 aliphatic carbocycles. The summed E-state index contributed by atoms with van der Waals surface area (Å²) in [5.41, 5.74) is 2.51. The van der Waals surface area contributed by atoms with Crippen molar-refractivity contribution < 1.29 is 12.8 Å². The smallest absolute Gasteiger partial charge is 0.242 e. The van der Waals surface area contributed by atoms with Crippen molar-refractivity contribution in [2.75, 3.05) is 27.7 Å². The van der Waals surface area contributed by atoms with Crippen molar-refractivity contribution in [3.8, 4) is 0 Å². The lowest BCUT2D eigenvalue weighted by Crippen LogP contribution is -2.38. The molecule has 0 radical (unpaired) electrons. The number of guanidine groups is 1. The second-order valence-corrected chi connectivity index (χ2v) is 9.12. The molecule has 0 saturated heterocycles. The van der Waals surface area contributed by atoms with E-state index in [2.05, 4.69) is 20.6 Å². The molecule has 3 N–H and O–H groups in total. The van der Waals surface area contributed by atoms with Crippen molar-refractivity contribution >= 4 is 50.9 Å². The molecular formula is C21H27FIN5O2S. The van der Waals surface area contributed by atoms with Gasteiger partial charge in [0.2, 0.25) is 10.0 Å². The molecule has 3 rings (SSSR count). The summed E-state index contributed by atoms with van der Waals surface area (Å²) in [6.45, 7) is 0.928. The first-order valence-corrected chi connectivity index (χ1v) is 11.0. The van der Waals surface area contributed by atoms with Crippen LogP contribution in [0.2, 0.25) is 0 Å². The topological polar surface area (TPSA) is 89.6 Å². The Morgan fingerprint density at radius 3 is 2.58 bits per heavy atom. The third-order valence-electron chi connectivity index (χ3n) is 4.82. The van der Waals surface area contributed by atoms with E-state index in [0.29, 0.717) is 24.6 Å². The molecule has 0 aliphatic heterocycles. The molecule has 168 valence electrons. The highest BCUT2D eigenvalue weighted by atomic mass is 127. The molecule has 0 fully saturated rings. The molecule has 0 bridgehead atoms. The highest BCUT2D eigenvalue weighted by Crippen LogP contribution is 2.20. The molecule has 7 nitrogen and oxygen atoms in total. The van der Waals surface area contributed by atoms with Gasteiger partial charge < -0.3 is 15.6 Å². The summed E-state index contributed by atoms with van der Waals surface area (Å²) in [6, 6.07) is 11.6. The van der Waals surface area contributed by atoms with E-state index < -0.39 is 10.0 Å². The fourth-order valence-electron chi connectivity index (χ4n) is 3.18. The van der Waals surface area contributed by atoms with Gasteiger partial charge in [-0.3, -0.25) is 4.99 Å². The first-order valence-electron chi connectivity index (χ1n) is 9.53. The zero-order valence-corrected chi connectivity index (χ0v) is 20.8. The number of nitrogens with zero attached hydrogens (tertiary/aromatic N) is 2. The number of benzene rings is 2. The van der Waals surface area contributed by atoms with Crippen LogP contribution in [0.25, 0.3) is 10.9 Å². The number of nitrogens with one attached hydrogen (secondary N) is 3. The lowest BCUT2D eigenvalue weighted by molar-refractivity contribution is 0.519. The summed E-state index contributed by atoms with van der Waals surface area (Å²) in [7, 11) is 1.16. The lowest BCUT2D eigenvalue weighted by Gasteiger charge is -2.17. The van der Waals surface area contributed by atoms with Crippen molar-refractivity contribution in [1.29, 1.82) is 0 Å². The number of sulfonamides is 1. The maximum atomic E-state index is 13.3. The molecule has 0 unspecified atom stereocenters. The second-order valence-electron chi connectivity index (χ2n) is 7.00. The van der Waals surface area contributed by atoms with Crippen LogP contribution in [0, 0.1) is 5.82 Å². The van der Waals surface area contributed by atoms with Crippen LogP contribution in [0.1, 0.15) is 11.1 Å². The Bertz CT molecular complexity index is 1160. The molecule has 2 aromatic carbocycles. The number of aromatic nitrogens is 1. The van der Waals surface area contributed by atoms with E-state index in [9.17, 15) is 12.8 Å². The molecule has 3 aromatic rings. The van der Waals surface area contributed by atoms with E-state index in [4.69, 9.17) is 0 Å². The number of hydrogen-bond donors (Lipinski definition) is 3. The van der Waals surface area contributed by atoms with Gasteiger partial charge in [-0.2, -0.15) is 0 Å². The molecule has 0 spiro atoms. The van der Waals surface area contributed by atoms with Gasteiger partial charge in [-0.05, 0) is 41.8 Å². The van der Waals surface area contributed by atoms with Gasteiger partial charge in [0, 0.05) is 51.3 Å². The van der Waals surface area contributed by atoms with Gasteiger partial charge in [0.1, 0.15) is 5.82 Å². The summed E-state index contributed by atoms with van der Waals surface area (Å²) < 4.78 is 39.6. The molecule has 0 amide bonds. The van der Waals surface area contributed by atoms with Gasteiger partial charge in [0.25, 0.3) is 0 Å². The number of aliphatic imine (C=N–C) groups is 1. The van der Waals surface area contributed by atoms with E-state index in [1.807, 2.05) is 12.3 Å². The number of hydrogen-bond acceptors (Lipinski definition) is 3. The molecule has 31 heavy (non-hydrogen) atoms. The van der Waals surface area contributed by atoms with E-state index in [-0.39, 0.29) is 34.7 Å². The van der Waals surface area contributed by atoms with Gasteiger partial charge in [0.15, 0.2) is 5.96 Å². The van der Waals surface area contributed by atoms with Crippen LogP contribution in [0.4, 0.5) is 4.39 Å². The van der Waals surface area contributed by atoms with Crippen molar-refractivity contribution in [1.82, 2.24) is 19.9 Å². The normalized spacial score (nSPS) is 12.1. The van der Waals surface area contributed by atoms with Crippen molar-refractivity contribution in [3.63, 3.8) is 0 Å². The SMILES string of the molecule is CN=C(NCCc1c[nH]c2cc(F)ccc12)NCc1ccccc1S(=O)(=O)N(C)C.I. The van der Waals surface area contributed by atoms with E-state index in [0.717, 1.165) is 22.9 Å². The van der Waals surface area contributed by atoms with Crippen LogP contribution in [-0.4, -0.2) is 51.4 Å². The summed E-state index contributed by atoms with van der Waals surface area (Å²) in [5.74, 6) is 0.299. The highest BCUT2D eigenvalue weighted by Gasteiger charge is 2.20. The lowest BCUT2D eigenvalue weighted by atomic mass is 10.1. The fourth-order valence-corrected chi connectivity index (χ4v) is 4.29. The predicted molar refractivity (Wildman–Crippen MR) is 133 cm³/mol. The van der Waals surface area contributed by atoms with Crippen LogP contribution in [-0.2, 0) is 23.0 Å². The number of rotatable bonds is 7. The Morgan fingerprint density at radius 1 is 1.13 bits per heavy atom. The number of H-pyrrole nitrogens is 1. The molecule has 10 heteroatoms. The predicted octanol–water partition coefficient (Wildman–Crippen LogP) is 3.08. The van der Waals surface area contributed by atoms with Crippen LogP contribution >= 0.6 is 24.0 Å². The highest BCUT2D eigenvalue weighted by molar-refractivity contribution is 14.0. The molecule has 0 atom stereocenters. The minimum atomic E-state index is -3.53.